The highest BCUT2D eigenvalue weighted by atomic mass is 16.6. The van der Waals surface area contributed by atoms with Crippen LogP contribution in [0.2, 0.25) is 0 Å². The fraction of sp³-hybridized carbons (Fsp3) is 0.304. The summed E-state index contributed by atoms with van der Waals surface area (Å²) in [5, 5.41) is 15.1. The van der Waals surface area contributed by atoms with Crippen LogP contribution < -0.4 is 24.8 Å². The summed E-state index contributed by atoms with van der Waals surface area (Å²) in [5.41, 5.74) is 1.23. The molecule has 0 saturated heterocycles. The molecule has 2 aromatic rings. The zero-order chi connectivity index (χ0) is 40.6. The van der Waals surface area contributed by atoms with E-state index in [1.54, 1.807) is 24.3 Å². The van der Waals surface area contributed by atoms with Crippen LogP contribution in [0.25, 0.3) is 12.2 Å². The van der Waals surface area contributed by atoms with Crippen LogP contribution in [0, 0.1) is 0 Å². The monoisotopic (exact) mass is 764 g/mol. The highest BCUT2D eigenvalue weighted by Crippen LogP contribution is 2.29. The summed E-state index contributed by atoms with van der Waals surface area (Å²) < 4.78 is 15.8. The molecule has 2 aromatic carbocycles. The number of benzene rings is 2. The van der Waals surface area contributed by atoms with Crippen molar-refractivity contribution >= 4 is 35.7 Å². The molecule has 10 nitrogen and oxygen atoms in total. The van der Waals surface area contributed by atoms with Gasteiger partial charge < -0.3 is 30.0 Å². The van der Waals surface area contributed by atoms with Crippen molar-refractivity contribution in [2.24, 2.45) is 0 Å². The Bertz CT molecular complexity index is 1780. The van der Waals surface area contributed by atoms with E-state index in [-0.39, 0.29) is 54.2 Å². The smallest absolute Gasteiger partial charge is 0.412 e. The summed E-state index contributed by atoms with van der Waals surface area (Å²) >= 11 is 0. The van der Waals surface area contributed by atoms with Gasteiger partial charge in [0.05, 0.1) is 20.6 Å². The highest BCUT2D eigenvalue weighted by molar-refractivity contribution is 6.10. The molecule has 56 heavy (non-hydrogen) atoms. The molecule has 0 aliphatic rings. The lowest BCUT2D eigenvalue weighted by Crippen LogP contribution is -2.35. The van der Waals surface area contributed by atoms with Crippen LogP contribution in [0.1, 0.15) is 75.8 Å². The van der Waals surface area contributed by atoms with Crippen molar-refractivity contribution in [3.05, 3.63) is 133 Å². The molecule has 0 heterocycles. The lowest BCUT2D eigenvalue weighted by atomic mass is 10.1. The van der Waals surface area contributed by atoms with Gasteiger partial charge in [0.25, 0.3) is 0 Å². The Morgan fingerprint density at radius 2 is 1.09 bits per heavy atom. The van der Waals surface area contributed by atoms with Gasteiger partial charge >= 0.3 is 6.09 Å². The number of hydrogen-bond donors (Lipinski definition) is 3. The number of phenolic OH excluding ortho intramolecular Hbond substituents is 1. The van der Waals surface area contributed by atoms with E-state index in [9.17, 15) is 24.3 Å². The highest BCUT2D eigenvalue weighted by Gasteiger charge is 2.11. The van der Waals surface area contributed by atoms with Crippen molar-refractivity contribution in [1.82, 2.24) is 10.6 Å². The van der Waals surface area contributed by atoms with E-state index < -0.39 is 11.9 Å². The quantitative estimate of drug-likeness (QED) is 0.0373. The molecule has 0 atom stereocenters. The van der Waals surface area contributed by atoms with Crippen molar-refractivity contribution in [3.63, 3.8) is 0 Å². The average Bonchev–Trinajstić information content (AvgIpc) is 3.19. The summed E-state index contributed by atoms with van der Waals surface area (Å²) in [6, 6.07) is 9.39. The first-order valence-electron chi connectivity index (χ1n) is 18.8. The minimum absolute atomic E-state index is 0.0164. The number of hydrogen-bond acceptors (Lipinski definition) is 8. The first kappa shape index (κ1) is 46.0. The van der Waals surface area contributed by atoms with E-state index in [1.807, 2.05) is 12.2 Å². The Labute approximate surface area is 331 Å². The molecule has 0 fully saturated rings. The lowest BCUT2D eigenvalue weighted by Gasteiger charge is -2.11. The third-order valence-corrected chi connectivity index (χ3v) is 7.72. The number of allylic oxidation sites excluding steroid dienone is 14. The second-order valence-corrected chi connectivity index (χ2v) is 12.2. The van der Waals surface area contributed by atoms with Gasteiger partial charge in [-0.15, -0.1) is 0 Å². The number of nitrogens with one attached hydrogen (secondary N) is 2. The minimum Gasteiger partial charge on any atom is -0.504 e. The van der Waals surface area contributed by atoms with Gasteiger partial charge in [0.1, 0.15) is 0 Å². The fourth-order valence-corrected chi connectivity index (χ4v) is 4.78. The van der Waals surface area contributed by atoms with Gasteiger partial charge in [0.15, 0.2) is 34.6 Å². The van der Waals surface area contributed by atoms with E-state index in [1.165, 1.54) is 50.7 Å². The molecule has 3 N–H and O–H groups in total. The zero-order valence-corrected chi connectivity index (χ0v) is 32.8. The molecule has 0 unspecified atom stereocenters. The first-order valence-corrected chi connectivity index (χ1v) is 18.8. The van der Waals surface area contributed by atoms with Crippen molar-refractivity contribution in [2.75, 3.05) is 27.3 Å². The second kappa shape index (κ2) is 29.2. The van der Waals surface area contributed by atoms with Crippen molar-refractivity contribution < 1.29 is 38.5 Å². The first-order chi connectivity index (χ1) is 27.2. The third kappa shape index (κ3) is 21.5. The number of phenols is 1. The molecule has 0 radical (unpaired) electrons. The van der Waals surface area contributed by atoms with Gasteiger partial charge in [-0.25, -0.2) is 4.79 Å². The Balaban J connectivity index is 1.60. The van der Waals surface area contributed by atoms with Crippen molar-refractivity contribution in [3.8, 4) is 23.0 Å². The Morgan fingerprint density at radius 3 is 1.62 bits per heavy atom. The van der Waals surface area contributed by atoms with Crippen LogP contribution in [0.15, 0.2) is 121 Å². The molecule has 0 bridgehead atoms. The predicted molar refractivity (Wildman–Crippen MR) is 225 cm³/mol. The summed E-state index contributed by atoms with van der Waals surface area (Å²) in [5.74, 6) is -0.213. The predicted octanol–water partition coefficient (Wildman–Crippen LogP) is 9.35. The molecule has 298 valence electrons. The minimum atomic E-state index is -0.716. The van der Waals surface area contributed by atoms with Gasteiger partial charge in [-0.1, -0.05) is 104 Å². The molecule has 0 aliphatic heterocycles. The zero-order valence-electron chi connectivity index (χ0n) is 32.8. The second-order valence-electron chi connectivity index (χ2n) is 12.2. The number of ether oxygens (including phenoxy) is 3. The Morgan fingerprint density at radius 1 is 0.607 bits per heavy atom. The molecule has 0 spiro atoms. The van der Waals surface area contributed by atoms with Crippen LogP contribution >= 0.6 is 0 Å². The van der Waals surface area contributed by atoms with E-state index in [4.69, 9.17) is 14.2 Å². The molecule has 2 amide bonds. The van der Waals surface area contributed by atoms with Crippen LogP contribution in [0.5, 0.6) is 23.0 Å². The van der Waals surface area contributed by atoms with Crippen LogP contribution in [-0.4, -0.2) is 56.0 Å². The van der Waals surface area contributed by atoms with Crippen LogP contribution in [0.3, 0.4) is 0 Å². The van der Waals surface area contributed by atoms with Gasteiger partial charge in [0, 0.05) is 19.5 Å². The number of methoxy groups -OCH3 is 2. The number of amides is 2. The van der Waals surface area contributed by atoms with Crippen LogP contribution in [0.4, 0.5) is 4.79 Å². The van der Waals surface area contributed by atoms with E-state index >= 15 is 0 Å². The van der Waals surface area contributed by atoms with E-state index in [0.717, 1.165) is 38.5 Å². The fourth-order valence-electron chi connectivity index (χ4n) is 4.78. The van der Waals surface area contributed by atoms with Gasteiger partial charge in [-0.3, -0.25) is 14.4 Å². The maximum atomic E-state index is 12.4. The molecule has 2 rings (SSSR count). The standard InChI is InChI=1S/C46H56N2O8/c1-4-5-6-7-8-9-10-11-12-13-14-15-16-17-18-19-20-21-22-23-45(52)47-32-33-48-46(53)56-42-31-27-38(35-44(42)55-3)25-29-40(50)36-39(49)28-24-37-26-30-41(51)43(34-37)54-2/h5-6,8-9,11-12,14-15,17-18,20-21,24-31,34-35,51H,4,7,10,13,16,19,22-23,32-33,36H2,1-3H3,(H,47,52)(H,48,53)/b6-5-,9-8-,12-11-,15-14-,18-17-,21-20-,28-24+,29-25+. The normalized spacial score (nSPS) is 12.1. The number of carbonyl (C=O) groups excluding carboxylic acids is 4. The number of carbonyl (C=O) groups is 4. The Hall–Kier alpha value is -6.16. The maximum Gasteiger partial charge on any atom is 0.412 e. The topological polar surface area (TPSA) is 140 Å². The molecule has 10 heteroatoms. The van der Waals surface area contributed by atoms with E-state index in [2.05, 4.69) is 78.3 Å². The van der Waals surface area contributed by atoms with Gasteiger partial charge in [-0.2, -0.15) is 0 Å². The van der Waals surface area contributed by atoms with Crippen molar-refractivity contribution in [1.29, 1.82) is 0 Å². The number of ketones is 2. The summed E-state index contributed by atoms with van der Waals surface area (Å²) in [6.07, 6.45) is 37.0. The third-order valence-electron chi connectivity index (χ3n) is 7.72. The Kier molecular flexibility index (Phi) is 24.0. The largest absolute Gasteiger partial charge is 0.504 e. The number of aromatic hydroxyl groups is 1. The van der Waals surface area contributed by atoms with E-state index in [0.29, 0.717) is 24.0 Å². The SMILES string of the molecule is CC/C=C\C/C=C\C/C=C\C/C=C\C/C=C\C/C=C\CCC(=O)NCCNC(=O)Oc1ccc(/C=C/C(=O)CC(=O)/C=C/c2ccc(O)c(OC)c2)cc1OC. The van der Waals surface area contributed by atoms with Crippen LogP contribution in [-0.2, 0) is 14.4 Å². The summed E-state index contributed by atoms with van der Waals surface area (Å²) in [6.45, 7) is 2.56. The van der Waals surface area contributed by atoms with Crippen molar-refractivity contribution in [2.45, 2.75) is 64.7 Å². The average molecular weight is 765 g/mol. The summed E-state index contributed by atoms with van der Waals surface area (Å²) in [4.78, 5) is 49.1. The van der Waals surface area contributed by atoms with Gasteiger partial charge in [0.2, 0.25) is 5.91 Å². The molecule has 0 aliphatic carbocycles. The molecular weight excluding hydrogens is 709 g/mol. The maximum absolute atomic E-state index is 12.4. The summed E-state index contributed by atoms with van der Waals surface area (Å²) in [7, 11) is 2.84. The van der Waals surface area contributed by atoms with Gasteiger partial charge in [-0.05, 0) is 92.5 Å². The molecule has 0 saturated carbocycles. The molecular formula is C46H56N2O8. The molecule has 0 aromatic heterocycles. The number of rotatable bonds is 26. The lowest BCUT2D eigenvalue weighted by molar-refractivity contribution is -0.122.